The Morgan fingerprint density at radius 1 is 1.06 bits per heavy atom. The number of carbonyl (C=O) groups is 1. The number of rotatable bonds is 9. The highest BCUT2D eigenvalue weighted by Gasteiger charge is 2.51. The van der Waals surface area contributed by atoms with Gasteiger partial charge in [-0.15, -0.1) is 0 Å². The third-order valence-corrected chi connectivity index (χ3v) is 8.96. The number of ether oxygens (including phenoxy) is 1. The minimum absolute atomic E-state index is 0.00724. The number of amides is 1. The second-order valence-corrected chi connectivity index (χ2v) is 11.6. The fourth-order valence-corrected chi connectivity index (χ4v) is 6.65. The molecule has 2 unspecified atom stereocenters. The number of morpholine rings is 1. The maximum absolute atomic E-state index is 14.0. The number of aliphatic hydroxyl groups is 1. The molecule has 5 nitrogen and oxygen atoms in total. The molecule has 4 atom stereocenters. The van der Waals surface area contributed by atoms with Gasteiger partial charge in [0.05, 0.1) is 18.6 Å². The standard InChI is InChI=1S/C29H36Cl2N2O3/c30-23-8-6-21(7-9-23)26(20-4-5-20)27-25(22-2-1-3-24(31)18-22)19-29(11-15-34,28(35)32-27)10-12-33-13-16-36-17-14-33/h1-3,6-9,18,20,25-27,34H,4-5,10-17,19H2,(H,32,35)/t25-,26?,27+,29?/m1/s1. The summed E-state index contributed by atoms with van der Waals surface area (Å²) in [4.78, 5) is 16.3. The molecule has 0 aromatic heterocycles. The third-order valence-electron chi connectivity index (χ3n) is 8.47. The van der Waals surface area contributed by atoms with Crippen LogP contribution in [0.15, 0.2) is 48.5 Å². The molecule has 2 aromatic carbocycles. The van der Waals surface area contributed by atoms with Crippen molar-refractivity contribution in [3.63, 3.8) is 0 Å². The lowest BCUT2D eigenvalue weighted by Crippen LogP contribution is -2.57. The predicted octanol–water partition coefficient (Wildman–Crippen LogP) is 5.25. The highest BCUT2D eigenvalue weighted by Crippen LogP contribution is 2.52. The fourth-order valence-electron chi connectivity index (χ4n) is 6.33. The van der Waals surface area contributed by atoms with Crippen LogP contribution in [0, 0.1) is 11.3 Å². The first-order valence-electron chi connectivity index (χ1n) is 13.2. The van der Waals surface area contributed by atoms with Crippen LogP contribution in [0.2, 0.25) is 10.0 Å². The van der Waals surface area contributed by atoms with E-state index in [4.69, 9.17) is 27.9 Å². The lowest BCUT2D eigenvalue weighted by Gasteiger charge is -2.48. The van der Waals surface area contributed by atoms with Crippen LogP contribution >= 0.6 is 23.2 Å². The van der Waals surface area contributed by atoms with Gasteiger partial charge in [-0.05, 0) is 80.0 Å². The Morgan fingerprint density at radius 2 is 1.81 bits per heavy atom. The zero-order valence-corrected chi connectivity index (χ0v) is 22.2. The van der Waals surface area contributed by atoms with Crippen molar-refractivity contribution in [2.45, 2.75) is 50.0 Å². The average Bonchev–Trinajstić information content (AvgIpc) is 3.72. The van der Waals surface area contributed by atoms with Gasteiger partial charge in [0, 0.05) is 47.6 Å². The Hall–Kier alpha value is -1.63. The molecule has 3 aliphatic rings. The normalized spacial score (nSPS) is 28.0. The van der Waals surface area contributed by atoms with E-state index >= 15 is 0 Å². The molecule has 2 aliphatic heterocycles. The summed E-state index contributed by atoms with van der Waals surface area (Å²) in [6, 6.07) is 16.2. The number of piperidine rings is 1. The van der Waals surface area contributed by atoms with Gasteiger partial charge >= 0.3 is 0 Å². The minimum atomic E-state index is -0.620. The topological polar surface area (TPSA) is 61.8 Å². The summed E-state index contributed by atoms with van der Waals surface area (Å²) in [5.74, 6) is 0.921. The van der Waals surface area contributed by atoms with Gasteiger partial charge < -0.3 is 15.2 Å². The molecule has 2 heterocycles. The summed E-state index contributed by atoms with van der Waals surface area (Å²) in [6.07, 6.45) is 4.22. The van der Waals surface area contributed by atoms with E-state index in [0.717, 1.165) is 49.9 Å². The number of aliphatic hydroxyl groups excluding tert-OH is 1. The van der Waals surface area contributed by atoms with Crippen LogP contribution in [0.1, 0.15) is 55.1 Å². The van der Waals surface area contributed by atoms with Gasteiger partial charge in [-0.25, -0.2) is 0 Å². The predicted molar refractivity (Wildman–Crippen MR) is 144 cm³/mol. The van der Waals surface area contributed by atoms with Gasteiger partial charge in [0.1, 0.15) is 0 Å². The number of carbonyl (C=O) groups excluding carboxylic acids is 1. The van der Waals surface area contributed by atoms with E-state index in [9.17, 15) is 9.90 Å². The molecule has 1 amide bonds. The lowest BCUT2D eigenvalue weighted by molar-refractivity contribution is -0.138. The van der Waals surface area contributed by atoms with Crippen LogP contribution in [-0.2, 0) is 9.53 Å². The van der Waals surface area contributed by atoms with Crippen molar-refractivity contribution in [1.82, 2.24) is 10.2 Å². The first kappa shape index (κ1) is 26.0. The molecule has 1 saturated carbocycles. The summed E-state index contributed by atoms with van der Waals surface area (Å²) in [5.41, 5.74) is 1.76. The van der Waals surface area contributed by atoms with Gasteiger partial charge in [0.2, 0.25) is 5.91 Å². The van der Waals surface area contributed by atoms with Crippen LogP contribution in [0.5, 0.6) is 0 Å². The van der Waals surface area contributed by atoms with Crippen LogP contribution in [0.4, 0.5) is 0 Å². The molecule has 2 saturated heterocycles. The molecule has 2 aromatic rings. The Kier molecular flexibility index (Phi) is 8.24. The number of hydrogen-bond acceptors (Lipinski definition) is 4. The quantitative estimate of drug-likeness (QED) is 0.464. The lowest BCUT2D eigenvalue weighted by atomic mass is 9.64. The van der Waals surface area contributed by atoms with E-state index in [1.165, 1.54) is 18.4 Å². The van der Waals surface area contributed by atoms with E-state index in [-0.39, 0.29) is 30.4 Å². The van der Waals surface area contributed by atoms with Gasteiger partial charge in [-0.1, -0.05) is 47.5 Å². The van der Waals surface area contributed by atoms with Gasteiger partial charge in [0.15, 0.2) is 0 Å². The van der Waals surface area contributed by atoms with Crippen molar-refractivity contribution in [3.05, 3.63) is 69.7 Å². The molecule has 5 rings (SSSR count). The number of hydrogen-bond donors (Lipinski definition) is 2. The molecule has 194 valence electrons. The van der Waals surface area contributed by atoms with E-state index in [2.05, 4.69) is 28.4 Å². The van der Waals surface area contributed by atoms with Crippen molar-refractivity contribution in [2.75, 3.05) is 39.5 Å². The summed E-state index contributed by atoms with van der Waals surface area (Å²) < 4.78 is 5.51. The Balaban J connectivity index is 1.49. The van der Waals surface area contributed by atoms with E-state index in [1.54, 1.807) is 0 Å². The largest absolute Gasteiger partial charge is 0.396 e. The number of nitrogens with one attached hydrogen (secondary N) is 1. The average molecular weight is 532 g/mol. The van der Waals surface area contributed by atoms with Crippen molar-refractivity contribution in [1.29, 1.82) is 0 Å². The van der Waals surface area contributed by atoms with Crippen LogP contribution < -0.4 is 5.32 Å². The molecule has 0 bridgehead atoms. The van der Waals surface area contributed by atoms with E-state index in [0.29, 0.717) is 23.8 Å². The monoisotopic (exact) mass is 530 g/mol. The number of benzene rings is 2. The van der Waals surface area contributed by atoms with Gasteiger partial charge in [-0.3, -0.25) is 9.69 Å². The second kappa shape index (κ2) is 11.4. The maximum atomic E-state index is 14.0. The SMILES string of the molecule is O=C1N[C@H](C(c2ccc(Cl)cc2)C2CC2)[C@@H](c2cccc(Cl)c2)CC1(CCO)CCN1CCOCC1. The molecule has 1 aliphatic carbocycles. The Bertz CT molecular complexity index is 1040. The molecule has 0 radical (unpaired) electrons. The first-order valence-corrected chi connectivity index (χ1v) is 14.0. The molecule has 2 N–H and O–H groups in total. The maximum Gasteiger partial charge on any atom is 0.226 e. The fraction of sp³-hybridized carbons (Fsp3) is 0.552. The second-order valence-electron chi connectivity index (χ2n) is 10.7. The smallest absolute Gasteiger partial charge is 0.226 e. The van der Waals surface area contributed by atoms with Crippen molar-refractivity contribution in [3.8, 4) is 0 Å². The van der Waals surface area contributed by atoms with Crippen LogP contribution in [0.25, 0.3) is 0 Å². The zero-order chi connectivity index (χ0) is 25.1. The first-order chi connectivity index (χ1) is 17.5. The summed E-state index contributed by atoms with van der Waals surface area (Å²) >= 11 is 12.7. The summed E-state index contributed by atoms with van der Waals surface area (Å²) in [7, 11) is 0. The molecule has 3 fully saturated rings. The van der Waals surface area contributed by atoms with E-state index < -0.39 is 5.41 Å². The van der Waals surface area contributed by atoms with Crippen molar-refractivity contribution < 1.29 is 14.6 Å². The van der Waals surface area contributed by atoms with Crippen molar-refractivity contribution >= 4 is 29.1 Å². The number of nitrogens with zero attached hydrogens (tertiary/aromatic N) is 1. The third kappa shape index (κ3) is 5.76. The zero-order valence-electron chi connectivity index (χ0n) is 20.7. The molecular weight excluding hydrogens is 495 g/mol. The van der Waals surface area contributed by atoms with Crippen LogP contribution in [-0.4, -0.2) is 61.4 Å². The summed E-state index contributed by atoms with van der Waals surface area (Å²) in [5, 5.41) is 15.0. The Labute approximate surface area is 224 Å². The van der Waals surface area contributed by atoms with Gasteiger partial charge in [0.25, 0.3) is 0 Å². The molecule has 36 heavy (non-hydrogen) atoms. The van der Waals surface area contributed by atoms with Gasteiger partial charge in [-0.2, -0.15) is 0 Å². The van der Waals surface area contributed by atoms with Crippen LogP contribution in [0.3, 0.4) is 0 Å². The highest BCUT2D eigenvalue weighted by molar-refractivity contribution is 6.30. The van der Waals surface area contributed by atoms with E-state index in [1.807, 2.05) is 30.3 Å². The molecular formula is C29H36Cl2N2O3. The Morgan fingerprint density at radius 3 is 2.47 bits per heavy atom. The summed E-state index contributed by atoms with van der Waals surface area (Å²) in [6.45, 7) is 4.06. The molecule has 7 heteroatoms. The highest BCUT2D eigenvalue weighted by atomic mass is 35.5. The minimum Gasteiger partial charge on any atom is -0.396 e. The van der Waals surface area contributed by atoms with Crippen molar-refractivity contribution in [2.24, 2.45) is 11.3 Å². The molecule has 0 spiro atoms. The number of halogens is 2.